The average Bonchev–Trinajstić information content (AvgIpc) is 1.56. The predicted molar refractivity (Wildman–Crippen MR) is 42.8 cm³/mol. The lowest BCUT2D eigenvalue weighted by Gasteiger charge is -2.34. The van der Waals surface area contributed by atoms with E-state index in [-0.39, 0.29) is 5.41 Å². The lowest BCUT2D eigenvalue weighted by molar-refractivity contribution is 0.0213. The molecule has 0 aliphatic heterocycles. The first-order chi connectivity index (χ1) is 4.41. The van der Waals surface area contributed by atoms with Crippen molar-refractivity contribution in [1.82, 2.24) is 0 Å². The van der Waals surface area contributed by atoms with Crippen LogP contribution in [0.15, 0.2) is 12.2 Å². The molecule has 0 fully saturated rings. The molecule has 0 saturated carbocycles. The Balaban J connectivity index is 2.73. The molecule has 1 rings (SSSR count). The van der Waals surface area contributed by atoms with Crippen LogP contribution in [0.1, 0.15) is 33.6 Å². The Morgan fingerprint density at radius 3 is 2.20 bits per heavy atom. The first-order valence-corrected chi connectivity index (χ1v) is 3.81. The van der Waals surface area contributed by atoms with Crippen molar-refractivity contribution in [2.75, 3.05) is 0 Å². The van der Waals surface area contributed by atoms with Gasteiger partial charge >= 0.3 is 0 Å². The summed E-state index contributed by atoms with van der Waals surface area (Å²) in [6.07, 6.45) is 5.93. The van der Waals surface area contributed by atoms with Crippen molar-refractivity contribution in [2.24, 2.45) is 5.41 Å². The molecule has 10 heavy (non-hydrogen) atoms. The van der Waals surface area contributed by atoms with Gasteiger partial charge in [0, 0.05) is 0 Å². The number of rotatable bonds is 0. The fourth-order valence-corrected chi connectivity index (χ4v) is 1.74. The van der Waals surface area contributed by atoms with E-state index in [9.17, 15) is 5.11 Å². The van der Waals surface area contributed by atoms with Crippen LogP contribution >= 0.6 is 0 Å². The Bertz CT molecular complexity index is 154. The van der Waals surface area contributed by atoms with E-state index in [0.29, 0.717) is 0 Å². The zero-order chi connectivity index (χ0) is 7.83. The molecule has 0 aromatic carbocycles. The van der Waals surface area contributed by atoms with Crippen LogP contribution in [-0.4, -0.2) is 10.7 Å². The Labute approximate surface area is 62.8 Å². The molecule has 0 radical (unpaired) electrons. The van der Waals surface area contributed by atoms with Gasteiger partial charge in [-0.3, -0.25) is 0 Å². The molecule has 0 bridgehead atoms. The van der Waals surface area contributed by atoms with E-state index >= 15 is 0 Å². The summed E-state index contributed by atoms with van der Waals surface area (Å²) in [7, 11) is 0. The first-order valence-electron chi connectivity index (χ1n) is 3.81. The van der Waals surface area contributed by atoms with Gasteiger partial charge in [-0.25, -0.2) is 0 Å². The van der Waals surface area contributed by atoms with Crippen molar-refractivity contribution < 1.29 is 5.11 Å². The number of hydrogen-bond acceptors (Lipinski definition) is 1. The molecule has 1 unspecified atom stereocenters. The van der Waals surface area contributed by atoms with Gasteiger partial charge in [-0.2, -0.15) is 0 Å². The van der Waals surface area contributed by atoms with E-state index in [1.54, 1.807) is 0 Å². The van der Waals surface area contributed by atoms with Crippen LogP contribution in [-0.2, 0) is 0 Å². The quantitative estimate of drug-likeness (QED) is 0.511. The zero-order valence-corrected chi connectivity index (χ0v) is 7.02. The van der Waals surface area contributed by atoms with Crippen LogP contribution in [0.2, 0.25) is 0 Å². The molecule has 1 aliphatic carbocycles. The summed E-state index contributed by atoms with van der Waals surface area (Å²) in [5.74, 6) is 0. The highest BCUT2D eigenvalue weighted by Gasteiger charge is 2.30. The zero-order valence-electron chi connectivity index (χ0n) is 7.02. The smallest absolute Gasteiger partial charge is 0.0662 e. The molecule has 1 nitrogen and oxygen atoms in total. The topological polar surface area (TPSA) is 20.2 Å². The molecule has 1 N–H and O–H groups in total. The van der Waals surface area contributed by atoms with Crippen LogP contribution in [0.3, 0.4) is 0 Å². The highest BCUT2D eigenvalue weighted by molar-refractivity contribution is 5.05. The summed E-state index contributed by atoms with van der Waals surface area (Å²) in [4.78, 5) is 0. The SMILES string of the molecule is CC1(C)C=CCC(C)(O)C1. The number of allylic oxidation sites excluding steroid dienone is 1. The van der Waals surface area contributed by atoms with Crippen LogP contribution in [0.5, 0.6) is 0 Å². The first kappa shape index (κ1) is 7.80. The highest BCUT2D eigenvalue weighted by atomic mass is 16.3. The summed E-state index contributed by atoms with van der Waals surface area (Å²) in [5.41, 5.74) is -0.292. The normalized spacial score (nSPS) is 38.0. The molecule has 0 amide bonds. The summed E-state index contributed by atoms with van der Waals surface area (Å²) in [5, 5.41) is 9.66. The molecule has 0 aromatic rings. The van der Waals surface area contributed by atoms with E-state index in [0.717, 1.165) is 12.8 Å². The maximum atomic E-state index is 9.66. The van der Waals surface area contributed by atoms with Gasteiger partial charge in [0.1, 0.15) is 0 Å². The van der Waals surface area contributed by atoms with Crippen molar-refractivity contribution in [2.45, 2.75) is 39.2 Å². The van der Waals surface area contributed by atoms with E-state index in [2.05, 4.69) is 26.0 Å². The minimum Gasteiger partial charge on any atom is -0.390 e. The summed E-state index contributed by atoms with van der Waals surface area (Å²) < 4.78 is 0. The third-order valence-electron chi connectivity index (χ3n) is 1.96. The Morgan fingerprint density at radius 2 is 1.90 bits per heavy atom. The highest BCUT2D eigenvalue weighted by Crippen LogP contribution is 2.35. The van der Waals surface area contributed by atoms with Gasteiger partial charge in [-0.1, -0.05) is 26.0 Å². The second-order valence-corrected chi connectivity index (χ2v) is 4.27. The van der Waals surface area contributed by atoms with Gasteiger partial charge in [-0.05, 0) is 25.2 Å². The van der Waals surface area contributed by atoms with E-state index in [4.69, 9.17) is 0 Å². The molecule has 0 spiro atoms. The summed E-state index contributed by atoms with van der Waals surface area (Å²) in [6, 6.07) is 0. The van der Waals surface area contributed by atoms with Crippen LogP contribution in [0.25, 0.3) is 0 Å². The monoisotopic (exact) mass is 140 g/mol. The summed E-state index contributed by atoms with van der Waals surface area (Å²) in [6.45, 7) is 6.20. The molecule has 1 aliphatic rings. The maximum absolute atomic E-state index is 9.66. The van der Waals surface area contributed by atoms with Gasteiger partial charge in [-0.15, -0.1) is 0 Å². The van der Waals surface area contributed by atoms with Crippen molar-refractivity contribution in [3.8, 4) is 0 Å². The largest absolute Gasteiger partial charge is 0.390 e. The fraction of sp³-hybridized carbons (Fsp3) is 0.778. The lowest BCUT2D eigenvalue weighted by atomic mass is 9.75. The Kier molecular flexibility index (Phi) is 1.63. The number of hydrogen-bond donors (Lipinski definition) is 1. The molecule has 0 heterocycles. The molecule has 0 saturated heterocycles. The van der Waals surface area contributed by atoms with E-state index in [1.807, 2.05) is 6.92 Å². The van der Waals surface area contributed by atoms with Crippen molar-refractivity contribution in [3.05, 3.63) is 12.2 Å². The van der Waals surface area contributed by atoms with E-state index in [1.165, 1.54) is 0 Å². The van der Waals surface area contributed by atoms with Crippen molar-refractivity contribution in [1.29, 1.82) is 0 Å². The van der Waals surface area contributed by atoms with Gasteiger partial charge in [0.2, 0.25) is 0 Å². The maximum Gasteiger partial charge on any atom is 0.0662 e. The van der Waals surface area contributed by atoms with Gasteiger partial charge in [0.15, 0.2) is 0 Å². The molecule has 1 atom stereocenters. The average molecular weight is 140 g/mol. The van der Waals surface area contributed by atoms with Crippen LogP contribution in [0, 0.1) is 5.41 Å². The molecular formula is C9H16O. The van der Waals surface area contributed by atoms with Crippen LogP contribution < -0.4 is 0 Å². The standard InChI is InChI=1S/C9H16O/c1-8(2)5-4-6-9(3,10)7-8/h4-5,10H,6-7H2,1-3H3. The van der Waals surface area contributed by atoms with Gasteiger partial charge in [0.25, 0.3) is 0 Å². The van der Waals surface area contributed by atoms with Gasteiger partial charge in [0.05, 0.1) is 5.60 Å². The third-order valence-corrected chi connectivity index (χ3v) is 1.96. The van der Waals surface area contributed by atoms with Crippen molar-refractivity contribution >= 4 is 0 Å². The number of aliphatic hydroxyl groups is 1. The Hall–Kier alpha value is -0.300. The summed E-state index contributed by atoms with van der Waals surface area (Å²) >= 11 is 0. The molecule has 1 heteroatoms. The lowest BCUT2D eigenvalue weighted by Crippen LogP contribution is -2.32. The third kappa shape index (κ3) is 1.84. The van der Waals surface area contributed by atoms with E-state index < -0.39 is 5.60 Å². The predicted octanol–water partition coefficient (Wildman–Crippen LogP) is 2.11. The van der Waals surface area contributed by atoms with Crippen molar-refractivity contribution in [3.63, 3.8) is 0 Å². The van der Waals surface area contributed by atoms with Crippen LogP contribution in [0.4, 0.5) is 0 Å². The molecule has 58 valence electrons. The minimum atomic E-state index is -0.474. The molecular weight excluding hydrogens is 124 g/mol. The molecule has 0 aromatic heterocycles. The van der Waals surface area contributed by atoms with Gasteiger partial charge < -0.3 is 5.11 Å². The Morgan fingerprint density at radius 1 is 1.30 bits per heavy atom. The minimum absolute atomic E-state index is 0.182. The fourth-order valence-electron chi connectivity index (χ4n) is 1.74. The second-order valence-electron chi connectivity index (χ2n) is 4.27. The second kappa shape index (κ2) is 2.09.